The molecule has 1 atom stereocenters. The molecule has 1 aliphatic heterocycles. The Morgan fingerprint density at radius 3 is 3.00 bits per heavy atom. The predicted octanol–water partition coefficient (Wildman–Crippen LogP) is 2.76. The summed E-state index contributed by atoms with van der Waals surface area (Å²) in [6.45, 7) is 1.61. The van der Waals surface area contributed by atoms with E-state index in [-0.39, 0.29) is 6.10 Å². The molecule has 1 aromatic rings. The van der Waals surface area contributed by atoms with Crippen molar-refractivity contribution < 1.29 is 14.6 Å². The fraction of sp³-hybridized carbons (Fsp3) is 0.462. The van der Waals surface area contributed by atoms with Crippen LogP contribution in [0.4, 0.5) is 5.69 Å². The minimum atomic E-state index is -0.892. The zero-order chi connectivity index (χ0) is 13.1. The summed E-state index contributed by atoms with van der Waals surface area (Å²) in [6.07, 6.45) is 2.23. The normalized spacial score (nSPS) is 19.9. The minimum absolute atomic E-state index is 0.180. The first-order chi connectivity index (χ1) is 8.61. The van der Waals surface area contributed by atoms with Crippen molar-refractivity contribution in [1.82, 2.24) is 0 Å². The molecular formula is C13H16BrNO3. The predicted molar refractivity (Wildman–Crippen MR) is 73.3 cm³/mol. The molecule has 0 bridgehead atoms. The van der Waals surface area contributed by atoms with E-state index in [1.807, 2.05) is 6.07 Å². The van der Waals surface area contributed by atoms with Crippen LogP contribution in [-0.4, -0.2) is 37.4 Å². The van der Waals surface area contributed by atoms with Crippen molar-refractivity contribution in [3.8, 4) is 0 Å². The lowest BCUT2D eigenvalue weighted by atomic mass is 10.1. The Morgan fingerprint density at radius 1 is 1.56 bits per heavy atom. The van der Waals surface area contributed by atoms with Gasteiger partial charge in [0, 0.05) is 24.7 Å². The van der Waals surface area contributed by atoms with Gasteiger partial charge in [0.25, 0.3) is 0 Å². The summed E-state index contributed by atoms with van der Waals surface area (Å²) in [5, 5.41) is 9.24. The zero-order valence-electron chi connectivity index (χ0n) is 10.2. The third-order valence-corrected chi connectivity index (χ3v) is 3.74. The van der Waals surface area contributed by atoms with Crippen LogP contribution in [0, 0.1) is 0 Å². The molecule has 0 aromatic heterocycles. The maximum absolute atomic E-state index is 11.3. The SMILES string of the molecule is COC1CCCN(c2cc(Br)ccc2C(=O)O)C1. The van der Waals surface area contributed by atoms with Crippen LogP contribution >= 0.6 is 15.9 Å². The van der Waals surface area contributed by atoms with Crippen LogP contribution in [0.5, 0.6) is 0 Å². The number of benzene rings is 1. The summed E-state index contributed by atoms with van der Waals surface area (Å²) in [6, 6.07) is 5.25. The molecule has 1 saturated heterocycles. The minimum Gasteiger partial charge on any atom is -0.478 e. The van der Waals surface area contributed by atoms with E-state index in [0.717, 1.165) is 36.1 Å². The molecule has 1 N–H and O–H groups in total. The van der Waals surface area contributed by atoms with Crippen molar-refractivity contribution in [2.24, 2.45) is 0 Å². The maximum atomic E-state index is 11.3. The second-order valence-electron chi connectivity index (χ2n) is 4.41. The van der Waals surface area contributed by atoms with Gasteiger partial charge in [0.2, 0.25) is 0 Å². The van der Waals surface area contributed by atoms with Gasteiger partial charge in [0.15, 0.2) is 0 Å². The summed E-state index contributed by atoms with van der Waals surface area (Å²) >= 11 is 3.39. The Bertz CT molecular complexity index is 450. The van der Waals surface area contributed by atoms with E-state index in [1.165, 1.54) is 0 Å². The Morgan fingerprint density at radius 2 is 2.33 bits per heavy atom. The van der Waals surface area contributed by atoms with Crippen LogP contribution in [0.25, 0.3) is 0 Å². The number of anilines is 1. The average Bonchev–Trinajstić information content (AvgIpc) is 2.38. The van der Waals surface area contributed by atoms with Crippen molar-refractivity contribution in [1.29, 1.82) is 0 Å². The average molecular weight is 314 g/mol. The van der Waals surface area contributed by atoms with E-state index in [4.69, 9.17) is 4.74 Å². The molecule has 18 heavy (non-hydrogen) atoms. The number of ether oxygens (including phenoxy) is 1. The van der Waals surface area contributed by atoms with Crippen LogP contribution in [0.2, 0.25) is 0 Å². The molecule has 0 saturated carbocycles. The fourth-order valence-electron chi connectivity index (χ4n) is 2.30. The van der Waals surface area contributed by atoms with Crippen molar-refractivity contribution >= 4 is 27.6 Å². The lowest BCUT2D eigenvalue weighted by molar-refractivity contribution is 0.0695. The van der Waals surface area contributed by atoms with Crippen molar-refractivity contribution in [2.45, 2.75) is 18.9 Å². The topological polar surface area (TPSA) is 49.8 Å². The van der Waals surface area contributed by atoms with Gasteiger partial charge >= 0.3 is 5.97 Å². The second kappa shape index (κ2) is 5.71. The number of rotatable bonds is 3. The van der Waals surface area contributed by atoms with Crippen LogP contribution < -0.4 is 4.90 Å². The highest BCUT2D eigenvalue weighted by atomic mass is 79.9. The quantitative estimate of drug-likeness (QED) is 0.932. The van der Waals surface area contributed by atoms with Gasteiger partial charge < -0.3 is 14.7 Å². The number of aromatic carboxylic acids is 1. The highest BCUT2D eigenvalue weighted by Gasteiger charge is 2.23. The number of halogens is 1. The first-order valence-corrected chi connectivity index (χ1v) is 6.71. The van der Waals surface area contributed by atoms with Gasteiger partial charge in [0.1, 0.15) is 0 Å². The number of piperidine rings is 1. The summed E-state index contributed by atoms with van der Waals surface area (Å²) in [5.74, 6) is -0.892. The number of hydrogen-bond acceptors (Lipinski definition) is 3. The van der Waals surface area contributed by atoms with Crippen molar-refractivity contribution in [2.75, 3.05) is 25.1 Å². The Labute approximate surface area is 115 Å². The van der Waals surface area contributed by atoms with Gasteiger partial charge in [0.05, 0.1) is 17.4 Å². The number of methoxy groups -OCH3 is 1. The summed E-state index contributed by atoms with van der Waals surface area (Å²) in [7, 11) is 1.70. The lowest BCUT2D eigenvalue weighted by Gasteiger charge is -2.34. The molecule has 4 nitrogen and oxygen atoms in total. The van der Waals surface area contributed by atoms with Crippen LogP contribution in [0.15, 0.2) is 22.7 Å². The second-order valence-corrected chi connectivity index (χ2v) is 5.33. The molecule has 1 aliphatic rings. The molecule has 1 unspecified atom stereocenters. The molecule has 1 heterocycles. The van der Waals surface area contributed by atoms with E-state index >= 15 is 0 Å². The third-order valence-electron chi connectivity index (χ3n) is 3.24. The van der Waals surface area contributed by atoms with E-state index in [1.54, 1.807) is 19.2 Å². The Hall–Kier alpha value is -1.07. The summed E-state index contributed by atoms with van der Waals surface area (Å²) < 4.78 is 6.26. The van der Waals surface area contributed by atoms with Gasteiger partial charge in [-0.3, -0.25) is 0 Å². The zero-order valence-corrected chi connectivity index (χ0v) is 11.8. The molecule has 0 amide bonds. The van der Waals surface area contributed by atoms with Gasteiger partial charge in [-0.1, -0.05) is 15.9 Å². The van der Waals surface area contributed by atoms with Gasteiger partial charge in [-0.05, 0) is 31.0 Å². The molecule has 2 rings (SSSR count). The first-order valence-electron chi connectivity index (χ1n) is 5.92. The number of carboxylic acid groups (broad SMARTS) is 1. The van der Waals surface area contributed by atoms with Crippen LogP contribution in [0.1, 0.15) is 23.2 Å². The third kappa shape index (κ3) is 2.84. The molecule has 0 spiro atoms. The Balaban J connectivity index is 2.31. The first kappa shape index (κ1) is 13.4. The van der Waals surface area contributed by atoms with Gasteiger partial charge in [-0.15, -0.1) is 0 Å². The van der Waals surface area contributed by atoms with Gasteiger partial charge in [-0.2, -0.15) is 0 Å². The number of hydrogen-bond donors (Lipinski definition) is 1. The smallest absolute Gasteiger partial charge is 0.337 e. The number of nitrogens with zero attached hydrogens (tertiary/aromatic N) is 1. The molecule has 0 aliphatic carbocycles. The standard InChI is InChI=1S/C13H16BrNO3/c1-18-10-3-2-6-15(8-10)12-7-9(14)4-5-11(12)13(16)17/h4-5,7,10H,2-3,6,8H2,1H3,(H,16,17). The largest absolute Gasteiger partial charge is 0.478 e. The molecule has 1 fully saturated rings. The molecule has 98 valence electrons. The van der Waals surface area contributed by atoms with E-state index < -0.39 is 5.97 Å². The van der Waals surface area contributed by atoms with Crippen molar-refractivity contribution in [3.05, 3.63) is 28.2 Å². The lowest BCUT2D eigenvalue weighted by Crippen LogP contribution is -2.40. The van der Waals surface area contributed by atoms with E-state index in [2.05, 4.69) is 20.8 Å². The molecule has 5 heteroatoms. The fourth-order valence-corrected chi connectivity index (χ4v) is 2.65. The van der Waals surface area contributed by atoms with Gasteiger partial charge in [-0.25, -0.2) is 4.79 Å². The summed E-state index contributed by atoms with van der Waals surface area (Å²) in [4.78, 5) is 13.3. The van der Waals surface area contributed by atoms with Crippen LogP contribution in [0.3, 0.4) is 0 Å². The van der Waals surface area contributed by atoms with E-state index in [0.29, 0.717) is 5.56 Å². The number of carboxylic acids is 1. The van der Waals surface area contributed by atoms with Crippen molar-refractivity contribution in [3.63, 3.8) is 0 Å². The summed E-state index contributed by atoms with van der Waals surface area (Å²) in [5.41, 5.74) is 1.11. The highest BCUT2D eigenvalue weighted by molar-refractivity contribution is 9.10. The van der Waals surface area contributed by atoms with E-state index in [9.17, 15) is 9.90 Å². The molecule has 0 radical (unpaired) electrons. The molecular weight excluding hydrogens is 298 g/mol. The molecule has 1 aromatic carbocycles. The monoisotopic (exact) mass is 313 g/mol. The van der Waals surface area contributed by atoms with Crippen LogP contribution in [-0.2, 0) is 4.74 Å². The highest BCUT2D eigenvalue weighted by Crippen LogP contribution is 2.28. The number of carbonyl (C=O) groups is 1. The Kier molecular flexibility index (Phi) is 4.24. The maximum Gasteiger partial charge on any atom is 0.337 e.